The van der Waals surface area contributed by atoms with Gasteiger partial charge in [-0.05, 0) is 47.0 Å². The van der Waals surface area contributed by atoms with Crippen LogP contribution < -0.4 is 10.1 Å². The van der Waals surface area contributed by atoms with E-state index in [9.17, 15) is 23.1 Å². The third kappa shape index (κ3) is 4.28. The number of ether oxygens (including phenoxy) is 1. The van der Waals surface area contributed by atoms with Crippen LogP contribution in [0.1, 0.15) is 28.4 Å². The van der Waals surface area contributed by atoms with Crippen molar-refractivity contribution in [2.75, 3.05) is 12.9 Å². The van der Waals surface area contributed by atoms with Crippen LogP contribution in [0.25, 0.3) is 11.1 Å². The Balaban J connectivity index is 1.69. The van der Waals surface area contributed by atoms with E-state index in [1.807, 2.05) is 24.3 Å². The van der Waals surface area contributed by atoms with Gasteiger partial charge >= 0.3 is 5.97 Å². The fraction of sp³-hybridized carbons (Fsp3) is 0.231. The van der Waals surface area contributed by atoms with Crippen molar-refractivity contribution in [3.8, 4) is 16.9 Å². The topological polar surface area (TPSA) is 110 Å². The minimum absolute atomic E-state index is 0.0320. The minimum Gasteiger partial charge on any atom is -0.496 e. The Morgan fingerprint density at radius 1 is 1.00 bits per heavy atom. The highest BCUT2D eigenvalue weighted by atomic mass is 32.2. The number of benzene rings is 3. The van der Waals surface area contributed by atoms with Gasteiger partial charge in [-0.25, -0.2) is 13.2 Å². The van der Waals surface area contributed by atoms with Gasteiger partial charge < -0.3 is 15.2 Å². The summed E-state index contributed by atoms with van der Waals surface area (Å²) in [5.74, 6) is -1.20. The van der Waals surface area contributed by atoms with Gasteiger partial charge in [0, 0.05) is 24.0 Å². The lowest BCUT2D eigenvalue weighted by atomic mass is 9.94. The molecular formula is C26H25NO6S. The van der Waals surface area contributed by atoms with E-state index in [2.05, 4.69) is 5.32 Å². The molecule has 176 valence electrons. The first-order valence-electron chi connectivity index (χ1n) is 10.8. The van der Waals surface area contributed by atoms with Gasteiger partial charge in [0.15, 0.2) is 9.84 Å². The van der Waals surface area contributed by atoms with E-state index in [-0.39, 0.29) is 29.1 Å². The molecule has 1 aliphatic carbocycles. The number of nitrogens with one attached hydrogen (secondary N) is 1. The van der Waals surface area contributed by atoms with Crippen LogP contribution >= 0.6 is 0 Å². The Kier molecular flexibility index (Phi) is 6.18. The lowest BCUT2D eigenvalue weighted by Gasteiger charge is -2.25. The van der Waals surface area contributed by atoms with Crippen LogP contribution in [-0.2, 0) is 27.5 Å². The number of fused-ring (bicyclic) bond motifs is 1. The first-order chi connectivity index (χ1) is 16.2. The van der Waals surface area contributed by atoms with Crippen molar-refractivity contribution < 1.29 is 27.9 Å². The van der Waals surface area contributed by atoms with Gasteiger partial charge in [-0.2, -0.15) is 0 Å². The predicted octanol–water partition coefficient (Wildman–Crippen LogP) is 3.51. The second-order valence-electron chi connectivity index (χ2n) is 8.31. The third-order valence-electron chi connectivity index (χ3n) is 6.21. The van der Waals surface area contributed by atoms with Gasteiger partial charge in [0.2, 0.25) is 0 Å². The first-order valence-corrected chi connectivity index (χ1v) is 12.5. The number of methoxy groups -OCH3 is 1. The fourth-order valence-electron chi connectivity index (χ4n) is 4.30. The largest absolute Gasteiger partial charge is 0.496 e. The Bertz CT molecular complexity index is 1350. The highest BCUT2D eigenvalue weighted by Crippen LogP contribution is 2.34. The molecule has 3 aromatic rings. The summed E-state index contributed by atoms with van der Waals surface area (Å²) in [7, 11) is -1.93. The summed E-state index contributed by atoms with van der Waals surface area (Å²) in [6, 6.07) is 18.6. The molecule has 0 heterocycles. The summed E-state index contributed by atoms with van der Waals surface area (Å²) in [5.41, 5.74) is 1.71. The molecule has 0 spiro atoms. The molecule has 0 aliphatic heterocycles. The van der Waals surface area contributed by atoms with Crippen LogP contribution in [0.4, 0.5) is 0 Å². The van der Waals surface area contributed by atoms with Gasteiger partial charge in [-0.15, -0.1) is 0 Å². The molecule has 2 N–H and O–H groups in total. The van der Waals surface area contributed by atoms with E-state index in [0.717, 1.165) is 11.1 Å². The van der Waals surface area contributed by atoms with E-state index < -0.39 is 27.3 Å². The SMILES string of the molecule is CCS(=O)(=O)c1cccc(-c2cc(C(=O)NC3(C(=O)O)Cc4ccccc4C3)ccc2OC)c1. The predicted molar refractivity (Wildman–Crippen MR) is 128 cm³/mol. The van der Waals surface area contributed by atoms with Crippen molar-refractivity contribution in [1.82, 2.24) is 5.32 Å². The number of rotatable bonds is 7. The van der Waals surface area contributed by atoms with Gasteiger partial charge in [0.1, 0.15) is 11.3 Å². The number of sulfone groups is 1. The van der Waals surface area contributed by atoms with Crippen molar-refractivity contribution in [2.24, 2.45) is 0 Å². The van der Waals surface area contributed by atoms with Crippen LogP contribution in [0.3, 0.4) is 0 Å². The molecule has 7 nitrogen and oxygen atoms in total. The molecule has 8 heteroatoms. The number of hydrogen-bond donors (Lipinski definition) is 2. The molecule has 0 radical (unpaired) electrons. The fourth-order valence-corrected chi connectivity index (χ4v) is 5.22. The van der Waals surface area contributed by atoms with E-state index in [1.165, 1.54) is 13.2 Å². The highest BCUT2D eigenvalue weighted by molar-refractivity contribution is 7.91. The van der Waals surface area contributed by atoms with Crippen LogP contribution in [0.2, 0.25) is 0 Å². The molecule has 4 rings (SSSR count). The summed E-state index contributed by atoms with van der Waals surface area (Å²) >= 11 is 0. The molecule has 0 bridgehead atoms. The summed E-state index contributed by atoms with van der Waals surface area (Å²) < 4.78 is 30.1. The third-order valence-corrected chi connectivity index (χ3v) is 7.94. The van der Waals surface area contributed by atoms with E-state index in [4.69, 9.17) is 4.74 Å². The average molecular weight is 480 g/mol. The smallest absolute Gasteiger partial charge is 0.330 e. The second-order valence-corrected chi connectivity index (χ2v) is 10.6. The van der Waals surface area contributed by atoms with Crippen molar-refractivity contribution >= 4 is 21.7 Å². The number of carboxylic acid groups (broad SMARTS) is 1. The van der Waals surface area contributed by atoms with Crippen LogP contribution in [0.15, 0.2) is 71.6 Å². The second kappa shape index (κ2) is 8.95. The molecule has 0 saturated heterocycles. The van der Waals surface area contributed by atoms with E-state index >= 15 is 0 Å². The standard InChI is InChI=1S/C26H25NO6S/c1-3-34(31,32)21-10-6-9-17(13-21)22-14-18(11-12-23(22)33-2)24(28)27-26(25(29)30)15-19-7-4-5-8-20(19)16-26/h4-14H,3,15-16H2,1-2H3,(H,27,28)(H,29,30). The lowest BCUT2D eigenvalue weighted by molar-refractivity contribution is -0.144. The van der Waals surface area contributed by atoms with Crippen molar-refractivity contribution in [3.05, 3.63) is 83.4 Å². The lowest BCUT2D eigenvalue weighted by Crippen LogP contribution is -2.55. The molecule has 0 atom stereocenters. The summed E-state index contributed by atoms with van der Waals surface area (Å²) in [4.78, 5) is 25.6. The Labute approximate surface area is 198 Å². The number of aliphatic carboxylic acids is 1. The Morgan fingerprint density at radius 2 is 1.68 bits per heavy atom. The van der Waals surface area contributed by atoms with Crippen LogP contribution in [0.5, 0.6) is 5.75 Å². The van der Waals surface area contributed by atoms with Crippen molar-refractivity contribution in [2.45, 2.75) is 30.2 Å². The molecule has 0 fully saturated rings. The maximum Gasteiger partial charge on any atom is 0.330 e. The number of carboxylic acids is 1. The molecule has 3 aromatic carbocycles. The normalized spacial score (nSPS) is 14.3. The molecule has 0 aromatic heterocycles. The van der Waals surface area contributed by atoms with E-state index in [0.29, 0.717) is 16.9 Å². The highest BCUT2D eigenvalue weighted by Gasteiger charge is 2.45. The van der Waals surface area contributed by atoms with Crippen LogP contribution in [0, 0.1) is 0 Å². The van der Waals surface area contributed by atoms with Gasteiger partial charge in [0.05, 0.1) is 17.8 Å². The number of amides is 1. The molecule has 0 saturated carbocycles. The van der Waals surface area contributed by atoms with Gasteiger partial charge in [-0.3, -0.25) is 4.79 Å². The Hall–Kier alpha value is -3.65. The van der Waals surface area contributed by atoms with Crippen LogP contribution in [-0.4, -0.2) is 43.8 Å². The zero-order valence-corrected chi connectivity index (χ0v) is 19.7. The number of hydrogen-bond acceptors (Lipinski definition) is 5. The zero-order valence-electron chi connectivity index (χ0n) is 18.9. The van der Waals surface area contributed by atoms with Crippen molar-refractivity contribution in [1.29, 1.82) is 0 Å². The summed E-state index contributed by atoms with van der Waals surface area (Å²) in [6.45, 7) is 1.58. The molecule has 1 aliphatic rings. The molecule has 34 heavy (non-hydrogen) atoms. The molecule has 1 amide bonds. The van der Waals surface area contributed by atoms with Gasteiger partial charge in [0.25, 0.3) is 5.91 Å². The summed E-state index contributed by atoms with van der Waals surface area (Å²) in [6.07, 6.45) is 0.397. The molecule has 0 unspecified atom stereocenters. The van der Waals surface area contributed by atoms with E-state index in [1.54, 1.807) is 43.3 Å². The first kappa shape index (κ1) is 23.5. The number of carbonyl (C=O) groups excluding carboxylic acids is 1. The van der Waals surface area contributed by atoms with Gasteiger partial charge in [-0.1, -0.05) is 43.3 Å². The van der Waals surface area contributed by atoms with Crippen molar-refractivity contribution in [3.63, 3.8) is 0 Å². The maximum absolute atomic E-state index is 13.2. The maximum atomic E-state index is 13.2. The summed E-state index contributed by atoms with van der Waals surface area (Å²) in [5, 5.41) is 12.7. The monoisotopic (exact) mass is 479 g/mol. The minimum atomic E-state index is -3.42. The number of carbonyl (C=O) groups is 2. The quantitative estimate of drug-likeness (QED) is 0.537. The average Bonchev–Trinajstić information content (AvgIpc) is 3.23. The Morgan fingerprint density at radius 3 is 2.26 bits per heavy atom. The molecular weight excluding hydrogens is 454 g/mol. The zero-order chi connectivity index (χ0) is 24.5.